The topological polar surface area (TPSA) is 69.6 Å². The van der Waals surface area contributed by atoms with E-state index in [9.17, 15) is 13.5 Å². The predicted molar refractivity (Wildman–Crippen MR) is 108 cm³/mol. The van der Waals surface area contributed by atoms with E-state index < -0.39 is 10.0 Å². The minimum absolute atomic E-state index is 0.0208. The second-order valence-corrected chi connectivity index (χ2v) is 8.90. The summed E-state index contributed by atoms with van der Waals surface area (Å²) in [6.07, 6.45) is 4.02. The van der Waals surface area contributed by atoms with Crippen molar-refractivity contribution in [3.8, 4) is 0 Å². The molecule has 1 aliphatic heterocycles. The lowest BCUT2D eigenvalue weighted by Crippen LogP contribution is -2.64. The highest BCUT2D eigenvalue weighted by atomic mass is 32.2. The first-order valence-electron chi connectivity index (χ1n) is 9.08. The third-order valence-corrected chi connectivity index (χ3v) is 6.92. The van der Waals surface area contributed by atoms with Gasteiger partial charge in [0.1, 0.15) is 0 Å². The maximum Gasteiger partial charge on any atom is 0.242 e. The molecule has 5 nitrogen and oxygen atoms in total. The number of rotatable bonds is 7. The summed E-state index contributed by atoms with van der Waals surface area (Å²) < 4.78 is 26.9. The summed E-state index contributed by atoms with van der Waals surface area (Å²) in [4.78, 5) is 0.290. The van der Waals surface area contributed by atoms with Gasteiger partial charge in [-0.3, -0.25) is 0 Å². The predicted octanol–water partition coefficient (Wildman–Crippen LogP) is 2.46. The molecule has 0 amide bonds. The van der Waals surface area contributed by atoms with Crippen molar-refractivity contribution in [1.82, 2.24) is 9.62 Å². The van der Waals surface area contributed by atoms with Gasteiger partial charge in [0, 0.05) is 31.6 Å². The van der Waals surface area contributed by atoms with Crippen molar-refractivity contribution in [3.63, 3.8) is 0 Å². The SMILES string of the molecule is C/C=C/c1ccc([C@H]2[C@H](CO)N[C@H]2CN(C)S(=O)(=O)c2ccccc2)cc1. The van der Waals surface area contributed by atoms with Crippen LogP contribution in [0.3, 0.4) is 0 Å². The summed E-state index contributed by atoms with van der Waals surface area (Å²) >= 11 is 0. The van der Waals surface area contributed by atoms with Crippen molar-refractivity contribution >= 4 is 16.1 Å². The maximum atomic E-state index is 12.8. The lowest BCUT2D eigenvalue weighted by atomic mass is 9.77. The van der Waals surface area contributed by atoms with Gasteiger partial charge in [-0.25, -0.2) is 8.42 Å². The molecule has 144 valence electrons. The van der Waals surface area contributed by atoms with Crippen LogP contribution >= 0.6 is 0 Å². The monoisotopic (exact) mass is 386 g/mol. The Hall–Kier alpha value is -1.99. The summed E-state index contributed by atoms with van der Waals surface area (Å²) in [7, 11) is -1.93. The van der Waals surface area contributed by atoms with Crippen molar-refractivity contribution in [3.05, 3.63) is 71.8 Å². The Bertz CT molecular complexity index is 879. The summed E-state index contributed by atoms with van der Waals surface area (Å²) in [5.74, 6) is 0.0723. The number of hydrogen-bond donors (Lipinski definition) is 2. The number of hydrogen-bond acceptors (Lipinski definition) is 4. The number of allylic oxidation sites excluding steroid dienone is 1. The lowest BCUT2D eigenvalue weighted by molar-refractivity contribution is 0.118. The average Bonchev–Trinajstić information content (AvgIpc) is 2.67. The smallest absolute Gasteiger partial charge is 0.242 e. The standard InChI is InChI=1S/C21H26N2O3S/c1-3-7-16-10-12-17(13-11-16)21-19(22-20(21)15-24)14-23(2)27(25,26)18-8-5-4-6-9-18/h3-13,19-22,24H,14-15H2,1-2H3/b7-3+/t19-,20-,21+/m0/s1. The summed E-state index contributed by atoms with van der Waals surface area (Å²) in [6, 6.07) is 16.6. The molecule has 1 fully saturated rings. The van der Waals surface area contributed by atoms with Crippen molar-refractivity contribution < 1.29 is 13.5 Å². The number of nitrogens with zero attached hydrogens (tertiary/aromatic N) is 1. The normalized spacial score (nSPS) is 22.9. The number of sulfonamides is 1. The first-order valence-corrected chi connectivity index (χ1v) is 10.5. The molecule has 0 unspecified atom stereocenters. The van der Waals surface area contributed by atoms with E-state index in [1.165, 1.54) is 4.31 Å². The Balaban J connectivity index is 1.76. The fourth-order valence-corrected chi connectivity index (χ4v) is 4.83. The molecule has 0 aliphatic carbocycles. The van der Waals surface area contributed by atoms with Gasteiger partial charge in [-0.15, -0.1) is 0 Å². The van der Waals surface area contributed by atoms with Crippen LogP contribution in [-0.2, 0) is 10.0 Å². The maximum absolute atomic E-state index is 12.8. The molecule has 0 aromatic heterocycles. The Morgan fingerprint density at radius 3 is 2.33 bits per heavy atom. The highest BCUT2D eigenvalue weighted by Crippen LogP contribution is 2.33. The van der Waals surface area contributed by atoms with Crippen molar-refractivity contribution in [1.29, 1.82) is 0 Å². The summed E-state index contributed by atoms with van der Waals surface area (Å²) in [5, 5.41) is 12.9. The van der Waals surface area contributed by atoms with Gasteiger partial charge in [0.25, 0.3) is 0 Å². The van der Waals surface area contributed by atoms with Crippen molar-refractivity contribution in [2.45, 2.75) is 29.8 Å². The van der Waals surface area contributed by atoms with Gasteiger partial charge in [0.15, 0.2) is 0 Å². The molecule has 1 saturated heterocycles. The molecule has 2 N–H and O–H groups in total. The highest BCUT2D eigenvalue weighted by Gasteiger charge is 2.42. The number of nitrogens with one attached hydrogen (secondary N) is 1. The van der Waals surface area contributed by atoms with E-state index in [1.54, 1.807) is 37.4 Å². The van der Waals surface area contributed by atoms with Crippen LogP contribution in [0, 0.1) is 0 Å². The van der Waals surface area contributed by atoms with E-state index in [0.717, 1.165) is 11.1 Å². The second-order valence-electron chi connectivity index (χ2n) is 6.85. The first-order chi connectivity index (χ1) is 13.0. The molecule has 3 rings (SSSR count). The number of aliphatic hydroxyl groups is 1. The van der Waals surface area contributed by atoms with Gasteiger partial charge in [-0.1, -0.05) is 54.6 Å². The molecule has 2 aromatic carbocycles. The van der Waals surface area contributed by atoms with Gasteiger partial charge >= 0.3 is 0 Å². The third-order valence-electron chi connectivity index (χ3n) is 5.08. The van der Waals surface area contributed by atoms with Crippen LogP contribution in [0.15, 0.2) is 65.6 Å². The zero-order valence-corrected chi connectivity index (χ0v) is 16.4. The summed E-state index contributed by atoms with van der Waals surface area (Å²) in [5.41, 5.74) is 2.23. The van der Waals surface area contributed by atoms with Crippen LogP contribution in [0.1, 0.15) is 24.0 Å². The van der Waals surface area contributed by atoms with Crippen LogP contribution in [-0.4, -0.2) is 50.1 Å². The van der Waals surface area contributed by atoms with Crippen LogP contribution in [0.4, 0.5) is 0 Å². The van der Waals surface area contributed by atoms with Gasteiger partial charge < -0.3 is 10.4 Å². The molecule has 2 aromatic rings. The van der Waals surface area contributed by atoms with Crippen molar-refractivity contribution in [2.75, 3.05) is 20.2 Å². The molecule has 0 spiro atoms. The van der Waals surface area contributed by atoms with Gasteiger partial charge in [-0.05, 0) is 30.2 Å². The van der Waals surface area contributed by atoms with E-state index in [0.29, 0.717) is 6.54 Å². The molecule has 0 bridgehead atoms. The fourth-order valence-electron chi connectivity index (χ4n) is 3.61. The van der Waals surface area contributed by atoms with Crippen LogP contribution < -0.4 is 5.32 Å². The van der Waals surface area contributed by atoms with E-state index in [-0.39, 0.29) is 29.5 Å². The van der Waals surface area contributed by atoms with Crippen molar-refractivity contribution in [2.24, 2.45) is 0 Å². The molecule has 3 atom stereocenters. The molecule has 1 aliphatic rings. The molecular formula is C21H26N2O3S. The van der Waals surface area contributed by atoms with Gasteiger partial charge in [0.05, 0.1) is 11.5 Å². The third kappa shape index (κ3) is 4.14. The van der Waals surface area contributed by atoms with Crippen LogP contribution in [0.5, 0.6) is 0 Å². The number of likely N-dealkylation sites (N-methyl/N-ethyl adjacent to an activating group) is 1. The Morgan fingerprint density at radius 1 is 1.07 bits per heavy atom. The quantitative estimate of drug-likeness (QED) is 0.767. The van der Waals surface area contributed by atoms with E-state index in [1.807, 2.05) is 31.2 Å². The van der Waals surface area contributed by atoms with E-state index in [2.05, 4.69) is 17.4 Å². The summed E-state index contributed by atoms with van der Waals surface area (Å²) in [6.45, 7) is 2.34. The lowest BCUT2D eigenvalue weighted by Gasteiger charge is -2.47. The molecule has 1 heterocycles. The fraction of sp³-hybridized carbons (Fsp3) is 0.333. The van der Waals surface area contributed by atoms with Crippen LogP contribution in [0.2, 0.25) is 0 Å². The minimum Gasteiger partial charge on any atom is -0.395 e. The first kappa shape index (κ1) is 19.8. The molecular weight excluding hydrogens is 360 g/mol. The molecule has 27 heavy (non-hydrogen) atoms. The van der Waals surface area contributed by atoms with Crippen LogP contribution in [0.25, 0.3) is 6.08 Å². The zero-order valence-electron chi connectivity index (χ0n) is 15.6. The van der Waals surface area contributed by atoms with Gasteiger partial charge in [-0.2, -0.15) is 4.31 Å². The second kappa shape index (κ2) is 8.35. The molecule has 0 radical (unpaired) electrons. The average molecular weight is 387 g/mol. The number of aliphatic hydroxyl groups excluding tert-OH is 1. The van der Waals surface area contributed by atoms with Gasteiger partial charge in [0.2, 0.25) is 10.0 Å². The Labute approximate surface area is 161 Å². The largest absolute Gasteiger partial charge is 0.395 e. The Morgan fingerprint density at radius 2 is 1.74 bits per heavy atom. The highest BCUT2D eigenvalue weighted by molar-refractivity contribution is 7.89. The zero-order chi connectivity index (χ0) is 19.4. The van der Waals surface area contributed by atoms with E-state index in [4.69, 9.17) is 0 Å². The molecule has 0 saturated carbocycles. The molecule has 6 heteroatoms. The number of benzene rings is 2. The minimum atomic E-state index is -3.53. The van der Waals surface area contributed by atoms with E-state index >= 15 is 0 Å². The Kier molecular flexibility index (Phi) is 6.11.